The number of imidazole rings is 1. The molecule has 0 bridgehead atoms. The first-order valence-corrected chi connectivity index (χ1v) is 8.05. The van der Waals surface area contributed by atoms with E-state index in [0.29, 0.717) is 18.6 Å². The van der Waals surface area contributed by atoms with Crippen molar-refractivity contribution in [2.45, 2.75) is 51.6 Å². The molecule has 0 saturated heterocycles. The SMILES string of the molecule is Cc1ccc2ncc(CNC3CCCCCC3CO)n2c1. The fourth-order valence-corrected chi connectivity index (χ4v) is 3.38. The second-order valence-electron chi connectivity index (χ2n) is 6.25. The van der Waals surface area contributed by atoms with E-state index >= 15 is 0 Å². The van der Waals surface area contributed by atoms with Crippen LogP contribution in [-0.4, -0.2) is 27.1 Å². The van der Waals surface area contributed by atoms with Gasteiger partial charge in [0.15, 0.2) is 0 Å². The molecule has 0 radical (unpaired) electrons. The number of aliphatic hydroxyl groups is 1. The third kappa shape index (κ3) is 3.27. The van der Waals surface area contributed by atoms with Crippen LogP contribution in [0.5, 0.6) is 0 Å². The third-order valence-electron chi connectivity index (χ3n) is 4.67. The second kappa shape index (κ2) is 6.58. The van der Waals surface area contributed by atoms with Gasteiger partial charge in [0.05, 0.1) is 11.9 Å². The molecule has 3 rings (SSSR count). The Morgan fingerprint density at radius 1 is 1.29 bits per heavy atom. The molecule has 114 valence electrons. The van der Waals surface area contributed by atoms with E-state index in [-0.39, 0.29) is 0 Å². The molecule has 4 nitrogen and oxygen atoms in total. The number of rotatable bonds is 4. The van der Waals surface area contributed by atoms with Crippen molar-refractivity contribution in [2.75, 3.05) is 6.61 Å². The highest BCUT2D eigenvalue weighted by Gasteiger charge is 2.22. The van der Waals surface area contributed by atoms with E-state index in [1.165, 1.54) is 36.9 Å². The molecule has 2 unspecified atom stereocenters. The summed E-state index contributed by atoms with van der Waals surface area (Å²) in [4.78, 5) is 4.45. The van der Waals surface area contributed by atoms with Gasteiger partial charge in [-0.1, -0.05) is 25.3 Å². The summed E-state index contributed by atoms with van der Waals surface area (Å²) in [6.45, 7) is 3.21. The van der Waals surface area contributed by atoms with Gasteiger partial charge in [-0.25, -0.2) is 4.98 Å². The van der Waals surface area contributed by atoms with Gasteiger partial charge >= 0.3 is 0 Å². The van der Waals surface area contributed by atoms with Gasteiger partial charge in [-0.15, -0.1) is 0 Å². The molecule has 1 saturated carbocycles. The van der Waals surface area contributed by atoms with Gasteiger partial charge in [-0.2, -0.15) is 0 Å². The third-order valence-corrected chi connectivity index (χ3v) is 4.67. The van der Waals surface area contributed by atoms with E-state index in [4.69, 9.17) is 0 Å². The van der Waals surface area contributed by atoms with Crippen molar-refractivity contribution in [3.05, 3.63) is 35.8 Å². The summed E-state index contributed by atoms with van der Waals surface area (Å²) < 4.78 is 2.16. The minimum absolute atomic E-state index is 0.296. The summed E-state index contributed by atoms with van der Waals surface area (Å²) in [5.74, 6) is 0.397. The molecule has 0 spiro atoms. The van der Waals surface area contributed by atoms with Gasteiger partial charge in [0.1, 0.15) is 5.65 Å². The van der Waals surface area contributed by atoms with Crippen LogP contribution in [0.1, 0.15) is 43.4 Å². The Labute approximate surface area is 126 Å². The van der Waals surface area contributed by atoms with Crippen LogP contribution < -0.4 is 5.32 Å². The Hall–Kier alpha value is -1.39. The van der Waals surface area contributed by atoms with Crippen LogP contribution in [0.2, 0.25) is 0 Å². The lowest BCUT2D eigenvalue weighted by Crippen LogP contribution is -2.37. The standard InChI is InChI=1S/C17H25N3O/c1-13-7-8-17-19-10-15(20(17)11-13)9-18-16-6-4-2-3-5-14(16)12-21/h7-8,10-11,14,16,18,21H,2-6,9,12H2,1H3. The Kier molecular flexibility index (Phi) is 4.56. The number of aromatic nitrogens is 2. The quantitative estimate of drug-likeness (QED) is 0.850. The number of hydrogen-bond acceptors (Lipinski definition) is 3. The van der Waals surface area contributed by atoms with Crippen molar-refractivity contribution in [3.8, 4) is 0 Å². The highest BCUT2D eigenvalue weighted by molar-refractivity contribution is 5.41. The van der Waals surface area contributed by atoms with E-state index in [1.807, 2.05) is 6.20 Å². The van der Waals surface area contributed by atoms with E-state index < -0.39 is 0 Å². The normalized spacial score (nSPS) is 23.3. The summed E-state index contributed by atoms with van der Waals surface area (Å²) in [5, 5.41) is 13.3. The van der Waals surface area contributed by atoms with Crippen molar-refractivity contribution < 1.29 is 5.11 Å². The summed E-state index contributed by atoms with van der Waals surface area (Å²) in [6.07, 6.45) is 10.2. The summed E-state index contributed by atoms with van der Waals surface area (Å²) in [6, 6.07) is 4.57. The Bertz CT molecular complexity index is 593. The maximum absolute atomic E-state index is 9.59. The van der Waals surface area contributed by atoms with E-state index in [2.05, 4.69) is 40.0 Å². The minimum Gasteiger partial charge on any atom is -0.396 e. The van der Waals surface area contributed by atoms with Crippen molar-refractivity contribution in [2.24, 2.45) is 5.92 Å². The lowest BCUT2D eigenvalue weighted by molar-refractivity contribution is 0.180. The number of aliphatic hydroxyl groups excluding tert-OH is 1. The smallest absolute Gasteiger partial charge is 0.136 e. The molecule has 1 fully saturated rings. The molecule has 2 N–H and O–H groups in total. The number of hydrogen-bond donors (Lipinski definition) is 2. The lowest BCUT2D eigenvalue weighted by Gasteiger charge is -2.24. The van der Waals surface area contributed by atoms with Crippen molar-refractivity contribution in [1.29, 1.82) is 0 Å². The van der Waals surface area contributed by atoms with Crippen LogP contribution in [0, 0.1) is 12.8 Å². The van der Waals surface area contributed by atoms with E-state index in [9.17, 15) is 5.11 Å². The van der Waals surface area contributed by atoms with Crippen LogP contribution in [0.15, 0.2) is 24.5 Å². The molecule has 2 aromatic rings. The fourth-order valence-electron chi connectivity index (χ4n) is 3.38. The zero-order chi connectivity index (χ0) is 14.7. The molecule has 1 aliphatic carbocycles. The lowest BCUT2D eigenvalue weighted by atomic mass is 9.95. The van der Waals surface area contributed by atoms with Crippen LogP contribution in [0.25, 0.3) is 5.65 Å². The highest BCUT2D eigenvalue weighted by Crippen LogP contribution is 2.23. The van der Waals surface area contributed by atoms with Crippen LogP contribution >= 0.6 is 0 Å². The minimum atomic E-state index is 0.296. The molecular formula is C17H25N3O. The zero-order valence-corrected chi connectivity index (χ0v) is 12.8. The van der Waals surface area contributed by atoms with Gasteiger partial charge in [0.2, 0.25) is 0 Å². The number of nitrogens with zero attached hydrogens (tertiary/aromatic N) is 2. The van der Waals surface area contributed by atoms with Gasteiger partial charge in [-0.3, -0.25) is 0 Å². The maximum Gasteiger partial charge on any atom is 0.136 e. The van der Waals surface area contributed by atoms with Crippen molar-refractivity contribution in [3.63, 3.8) is 0 Å². The molecule has 21 heavy (non-hydrogen) atoms. The van der Waals surface area contributed by atoms with Gasteiger partial charge in [-0.05, 0) is 37.3 Å². The number of aryl methyl sites for hydroxylation is 1. The number of nitrogens with one attached hydrogen (secondary N) is 1. The molecular weight excluding hydrogens is 262 g/mol. The fraction of sp³-hybridized carbons (Fsp3) is 0.588. The molecule has 1 aliphatic rings. The summed E-state index contributed by atoms with van der Waals surface area (Å²) in [7, 11) is 0. The first-order chi connectivity index (χ1) is 10.3. The summed E-state index contributed by atoms with van der Waals surface area (Å²) in [5.41, 5.74) is 3.43. The molecule has 0 aliphatic heterocycles. The zero-order valence-electron chi connectivity index (χ0n) is 12.8. The largest absolute Gasteiger partial charge is 0.396 e. The van der Waals surface area contributed by atoms with E-state index in [1.54, 1.807) is 0 Å². The molecule has 4 heteroatoms. The van der Waals surface area contributed by atoms with Crippen LogP contribution in [0.3, 0.4) is 0 Å². The maximum atomic E-state index is 9.59. The molecule has 2 aromatic heterocycles. The average molecular weight is 287 g/mol. The number of fused-ring (bicyclic) bond motifs is 1. The summed E-state index contributed by atoms with van der Waals surface area (Å²) >= 11 is 0. The Balaban J connectivity index is 1.71. The topological polar surface area (TPSA) is 49.6 Å². The van der Waals surface area contributed by atoms with Gasteiger partial charge in [0, 0.05) is 25.4 Å². The monoisotopic (exact) mass is 287 g/mol. The average Bonchev–Trinajstić information content (AvgIpc) is 2.74. The first kappa shape index (κ1) is 14.5. The second-order valence-corrected chi connectivity index (χ2v) is 6.25. The van der Waals surface area contributed by atoms with Crippen LogP contribution in [0.4, 0.5) is 0 Å². The predicted molar refractivity (Wildman–Crippen MR) is 84.2 cm³/mol. The molecule has 2 atom stereocenters. The van der Waals surface area contributed by atoms with E-state index in [0.717, 1.165) is 18.6 Å². The first-order valence-electron chi connectivity index (χ1n) is 8.05. The number of pyridine rings is 1. The van der Waals surface area contributed by atoms with Crippen LogP contribution in [-0.2, 0) is 6.54 Å². The molecule has 0 amide bonds. The van der Waals surface area contributed by atoms with Gasteiger partial charge < -0.3 is 14.8 Å². The molecule has 2 heterocycles. The Morgan fingerprint density at radius 3 is 3.00 bits per heavy atom. The Morgan fingerprint density at radius 2 is 2.14 bits per heavy atom. The van der Waals surface area contributed by atoms with Crippen molar-refractivity contribution in [1.82, 2.24) is 14.7 Å². The predicted octanol–water partition coefficient (Wildman–Crippen LogP) is 2.67. The van der Waals surface area contributed by atoms with Crippen molar-refractivity contribution >= 4 is 5.65 Å². The van der Waals surface area contributed by atoms with Gasteiger partial charge in [0.25, 0.3) is 0 Å². The molecule has 0 aromatic carbocycles. The highest BCUT2D eigenvalue weighted by atomic mass is 16.3.